The van der Waals surface area contributed by atoms with Crippen molar-refractivity contribution in [1.82, 2.24) is 10.6 Å². The predicted octanol–water partition coefficient (Wildman–Crippen LogP) is 1.85. The molecule has 1 aliphatic heterocycles. The van der Waals surface area contributed by atoms with E-state index in [4.69, 9.17) is 0 Å². The first-order valence-corrected chi connectivity index (χ1v) is 8.63. The summed E-state index contributed by atoms with van der Waals surface area (Å²) < 4.78 is 13.9. The molecule has 2 aromatic rings. The number of benzene rings is 2. The van der Waals surface area contributed by atoms with Crippen molar-refractivity contribution in [2.75, 3.05) is 18.5 Å². The minimum Gasteiger partial charge on any atom is -0.355 e. The van der Waals surface area contributed by atoms with Gasteiger partial charge in [-0.25, -0.2) is 4.39 Å². The van der Waals surface area contributed by atoms with Gasteiger partial charge in [-0.05, 0) is 29.8 Å². The van der Waals surface area contributed by atoms with E-state index in [1.165, 1.54) is 17.0 Å². The lowest BCUT2D eigenvalue weighted by Gasteiger charge is -2.17. The summed E-state index contributed by atoms with van der Waals surface area (Å²) in [5, 5.41) is 5.34. The zero-order chi connectivity index (χ0) is 19.4. The lowest BCUT2D eigenvalue weighted by molar-refractivity contribution is -0.126. The number of halogens is 1. The second-order valence-corrected chi connectivity index (χ2v) is 6.35. The number of carbonyl (C=O) groups is 3. The van der Waals surface area contributed by atoms with Crippen LogP contribution in [-0.2, 0) is 16.1 Å². The van der Waals surface area contributed by atoms with Crippen molar-refractivity contribution in [3.8, 4) is 0 Å². The van der Waals surface area contributed by atoms with Gasteiger partial charge in [0.05, 0.1) is 11.6 Å². The van der Waals surface area contributed by atoms with Crippen LogP contribution < -0.4 is 15.5 Å². The molecule has 1 atom stereocenters. The third-order valence-electron chi connectivity index (χ3n) is 4.55. The molecule has 3 rings (SSSR count). The van der Waals surface area contributed by atoms with E-state index < -0.39 is 11.7 Å². The SMILES string of the molecule is CNC(=O)c1ccc(CNC(=O)C2CC(=O)N(c3ccccc3F)C2)cc1. The second kappa shape index (κ2) is 7.99. The van der Waals surface area contributed by atoms with Gasteiger partial charge in [0, 0.05) is 32.1 Å². The van der Waals surface area contributed by atoms with Crippen molar-refractivity contribution in [2.45, 2.75) is 13.0 Å². The molecule has 2 N–H and O–H groups in total. The van der Waals surface area contributed by atoms with Crippen LogP contribution in [0.1, 0.15) is 22.3 Å². The van der Waals surface area contributed by atoms with E-state index in [2.05, 4.69) is 10.6 Å². The van der Waals surface area contributed by atoms with Gasteiger partial charge in [-0.15, -0.1) is 0 Å². The molecule has 0 spiro atoms. The van der Waals surface area contributed by atoms with Crippen LogP contribution in [-0.4, -0.2) is 31.3 Å². The molecule has 1 fully saturated rings. The van der Waals surface area contributed by atoms with Crippen molar-refractivity contribution in [1.29, 1.82) is 0 Å². The third kappa shape index (κ3) is 4.13. The second-order valence-electron chi connectivity index (χ2n) is 6.35. The minimum atomic E-state index is -0.526. The van der Waals surface area contributed by atoms with E-state index in [1.807, 2.05) is 0 Å². The Morgan fingerprint density at radius 3 is 2.52 bits per heavy atom. The quantitative estimate of drug-likeness (QED) is 0.844. The molecule has 3 amide bonds. The predicted molar refractivity (Wildman–Crippen MR) is 98.5 cm³/mol. The highest BCUT2D eigenvalue weighted by atomic mass is 19.1. The Hall–Kier alpha value is -3.22. The molecule has 1 heterocycles. The number of hydrogen-bond donors (Lipinski definition) is 2. The molecule has 1 aliphatic rings. The zero-order valence-electron chi connectivity index (χ0n) is 14.9. The van der Waals surface area contributed by atoms with E-state index >= 15 is 0 Å². The first-order valence-electron chi connectivity index (χ1n) is 8.63. The van der Waals surface area contributed by atoms with Gasteiger partial charge in [0.1, 0.15) is 5.82 Å². The standard InChI is InChI=1S/C20H20FN3O3/c1-22-19(26)14-8-6-13(7-9-14)11-23-20(27)15-10-18(25)24(12-15)17-5-3-2-4-16(17)21/h2-9,15H,10-12H2,1H3,(H,22,26)(H,23,27). The summed E-state index contributed by atoms with van der Waals surface area (Å²) in [6.07, 6.45) is 0.0514. The Balaban J connectivity index is 1.58. The maximum Gasteiger partial charge on any atom is 0.251 e. The van der Waals surface area contributed by atoms with Crippen LogP contribution in [0.25, 0.3) is 0 Å². The normalized spacial score (nSPS) is 16.3. The van der Waals surface area contributed by atoms with Gasteiger partial charge in [0.15, 0.2) is 0 Å². The summed E-state index contributed by atoms with van der Waals surface area (Å²) in [5.74, 6) is -1.71. The average molecular weight is 369 g/mol. The molecule has 1 unspecified atom stereocenters. The molecule has 0 bridgehead atoms. The van der Waals surface area contributed by atoms with Crippen LogP contribution in [0.2, 0.25) is 0 Å². The number of anilines is 1. The van der Waals surface area contributed by atoms with Crippen LogP contribution >= 0.6 is 0 Å². The van der Waals surface area contributed by atoms with Crippen LogP contribution in [0.4, 0.5) is 10.1 Å². The fourth-order valence-electron chi connectivity index (χ4n) is 3.04. The molecular formula is C20H20FN3O3. The summed E-state index contributed by atoms with van der Waals surface area (Å²) in [7, 11) is 1.56. The van der Waals surface area contributed by atoms with Crippen molar-refractivity contribution >= 4 is 23.4 Å². The Kier molecular flexibility index (Phi) is 5.49. The zero-order valence-corrected chi connectivity index (χ0v) is 14.9. The first-order chi connectivity index (χ1) is 13.0. The summed E-state index contributed by atoms with van der Waals surface area (Å²) in [6, 6.07) is 12.9. The van der Waals surface area contributed by atoms with Crippen molar-refractivity contribution in [2.24, 2.45) is 5.92 Å². The number of amides is 3. The summed E-state index contributed by atoms with van der Waals surface area (Å²) in [4.78, 5) is 37.4. The van der Waals surface area contributed by atoms with Gasteiger partial charge in [-0.2, -0.15) is 0 Å². The molecule has 1 saturated heterocycles. The van der Waals surface area contributed by atoms with Crippen LogP contribution in [0.15, 0.2) is 48.5 Å². The number of carbonyl (C=O) groups excluding carboxylic acids is 3. The highest BCUT2D eigenvalue weighted by molar-refractivity contribution is 6.00. The number of hydrogen-bond acceptors (Lipinski definition) is 3. The van der Waals surface area contributed by atoms with Gasteiger partial charge >= 0.3 is 0 Å². The van der Waals surface area contributed by atoms with Gasteiger partial charge in [-0.1, -0.05) is 24.3 Å². The number of rotatable bonds is 5. The number of para-hydroxylation sites is 1. The van der Waals surface area contributed by atoms with Gasteiger partial charge < -0.3 is 15.5 Å². The maximum absolute atomic E-state index is 13.9. The minimum absolute atomic E-state index is 0.0514. The Morgan fingerprint density at radius 2 is 1.85 bits per heavy atom. The average Bonchev–Trinajstić information content (AvgIpc) is 3.08. The summed E-state index contributed by atoms with van der Waals surface area (Å²) in [5.41, 5.74) is 1.57. The molecule has 7 heteroatoms. The molecular weight excluding hydrogens is 349 g/mol. The van der Waals surface area contributed by atoms with Gasteiger partial charge in [-0.3, -0.25) is 14.4 Å². The number of nitrogens with zero attached hydrogens (tertiary/aromatic N) is 1. The third-order valence-corrected chi connectivity index (χ3v) is 4.55. The molecule has 6 nitrogen and oxygen atoms in total. The Bertz CT molecular complexity index is 867. The largest absolute Gasteiger partial charge is 0.355 e. The maximum atomic E-state index is 13.9. The molecule has 140 valence electrons. The lowest BCUT2D eigenvalue weighted by atomic mass is 10.1. The van der Waals surface area contributed by atoms with Crippen molar-refractivity contribution in [3.63, 3.8) is 0 Å². The molecule has 0 aromatic heterocycles. The van der Waals surface area contributed by atoms with Gasteiger partial charge in [0.2, 0.25) is 11.8 Å². The van der Waals surface area contributed by atoms with E-state index in [9.17, 15) is 18.8 Å². The monoisotopic (exact) mass is 369 g/mol. The van der Waals surface area contributed by atoms with E-state index in [1.54, 1.807) is 43.4 Å². The Labute approximate surface area is 156 Å². The summed E-state index contributed by atoms with van der Waals surface area (Å²) in [6.45, 7) is 0.443. The van der Waals surface area contributed by atoms with E-state index in [0.717, 1.165) is 5.56 Å². The smallest absolute Gasteiger partial charge is 0.251 e. The van der Waals surface area contributed by atoms with E-state index in [0.29, 0.717) is 5.56 Å². The van der Waals surface area contributed by atoms with Gasteiger partial charge in [0.25, 0.3) is 5.91 Å². The molecule has 0 aliphatic carbocycles. The van der Waals surface area contributed by atoms with E-state index in [-0.39, 0.29) is 42.9 Å². The molecule has 2 aromatic carbocycles. The van der Waals surface area contributed by atoms with Crippen LogP contribution in [0, 0.1) is 11.7 Å². The fourth-order valence-corrected chi connectivity index (χ4v) is 3.04. The van der Waals surface area contributed by atoms with Crippen LogP contribution in [0.5, 0.6) is 0 Å². The molecule has 0 saturated carbocycles. The highest BCUT2D eigenvalue weighted by Crippen LogP contribution is 2.27. The first kappa shape index (κ1) is 18.6. The molecule has 27 heavy (non-hydrogen) atoms. The van der Waals surface area contributed by atoms with Crippen LogP contribution in [0.3, 0.4) is 0 Å². The van der Waals surface area contributed by atoms with Crippen molar-refractivity contribution < 1.29 is 18.8 Å². The lowest BCUT2D eigenvalue weighted by Crippen LogP contribution is -2.32. The fraction of sp³-hybridized carbons (Fsp3) is 0.250. The number of nitrogens with one attached hydrogen (secondary N) is 2. The molecule has 0 radical (unpaired) electrons. The highest BCUT2D eigenvalue weighted by Gasteiger charge is 2.35. The van der Waals surface area contributed by atoms with Crippen molar-refractivity contribution in [3.05, 3.63) is 65.5 Å². The Morgan fingerprint density at radius 1 is 1.15 bits per heavy atom. The summed E-state index contributed by atoms with van der Waals surface area (Å²) >= 11 is 0. The topological polar surface area (TPSA) is 78.5 Å².